The molecule has 1 aliphatic rings. The predicted molar refractivity (Wildman–Crippen MR) is 132 cm³/mol. The minimum absolute atomic E-state index is 0. The Kier molecular flexibility index (Phi) is 9.11. The van der Waals surface area contributed by atoms with Crippen LogP contribution in [0.5, 0.6) is 0 Å². The van der Waals surface area contributed by atoms with Crippen LogP contribution in [0.15, 0.2) is 65.7 Å². The lowest BCUT2D eigenvalue weighted by Crippen LogP contribution is -2.45. The van der Waals surface area contributed by atoms with E-state index in [4.69, 9.17) is 0 Å². The molecule has 1 heterocycles. The van der Waals surface area contributed by atoms with Gasteiger partial charge in [0.25, 0.3) is 0 Å². The van der Waals surface area contributed by atoms with Gasteiger partial charge in [0.05, 0.1) is 18.1 Å². The number of halogens is 1. The summed E-state index contributed by atoms with van der Waals surface area (Å²) in [4.78, 5) is 4.62. The molecule has 2 aromatic carbocycles. The summed E-state index contributed by atoms with van der Waals surface area (Å²) in [5.41, 5.74) is 0.646. The highest BCUT2D eigenvalue weighted by Crippen LogP contribution is 2.26. The lowest BCUT2D eigenvalue weighted by molar-refractivity contribution is 0.0467. The normalized spacial score (nSPS) is 20.1. The molecule has 1 aliphatic heterocycles. The average molecular weight is 543 g/mol. The van der Waals surface area contributed by atoms with Gasteiger partial charge >= 0.3 is 0 Å². The minimum Gasteiger partial charge on any atom is -0.383 e. The molecular formula is C22H30IN3O3S. The van der Waals surface area contributed by atoms with Crippen LogP contribution in [-0.2, 0) is 21.9 Å². The SMILES string of the molecule is CCNC(=NCC(O)(Cc1ccccc1)c1ccccc1)NC1CCS(=O)(=O)C1.I. The van der Waals surface area contributed by atoms with E-state index in [1.165, 1.54) is 0 Å². The Morgan fingerprint density at radius 1 is 1.13 bits per heavy atom. The highest BCUT2D eigenvalue weighted by atomic mass is 127. The Morgan fingerprint density at radius 3 is 2.33 bits per heavy atom. The van der Waals surface area contributed by atoms with Crippen molar-refractivity contribution < 1.29 is 13.5 Å². The second-order valence-corrected chi connectivity index (χ2v) is 9.73. The summed E-state index contributed by atoms with van der Waals surface area (Å²) in [6.07, 6.45) is 0.998. The van der Waals surface area contributed by atoms with Crippen molar-refractivity contribution in [3.8, 4) is 0 Å². The number of aliphatic imine (C=N–C) groups is 1. The molecule has 0 saturated carbocycles. The van der Waals surface area contributed by atoms with Crippen molar-refractivity contribution in [1.82, 2.24) is 10.6 Å². The molecule has 0 spiro atoms. The molecule has 1 saturated heterocycles. The molecule has 0 radical (unpaired) electrons. The quantitative estimate of drug-likeness (QED) is 0.284. The summed E-state index contributed by atoms with van der Waals surface area (Å²) in [6, 6.07) is 19.2. The summed E-state index contributed by atoms with van der Waals surface area (Å²) >= 11 is 0. The molecule has 0 aliphatic carbocycles. The number of hydrogen-bond acceptors (Lipinski definition) is 4. The molecule has 2 unspecified atom stereocenters. The maximum atomic E-state index is 11.7. The standard InChI is InChI=1S/C22H29N3O3S.HI/c1-2-23-21(25-20-13-14-29(27,28)16-20)24-17-22(26,19-11-7-4-8-12-19)15-18-9-5-3-6-10-18;/h3-12,20,26H,2,13-17H2,1H3,(H2,23,24,25);1H. The molecule has 0 amide bonds. The van der Waals surface area contributed by atoms with E-state index >= 15 is 0 Å². The van der Waals surface area contributed by atoms with Gasteiger partial charge < -0.3 is 15.7 Å². The van der Waals surface area contributed by atoms with Crippen LogP contribution < -0.4 is 10.6 Å². The number of benzene rings is 2. The van der Waals surface area contributed by atoms with Crippen LogP contribution in [0.1, 0.15) is 24.5 Å². The van der Waals surface area contributed by atoms with E-state index in [1.807, 2.05) is 67.6 Å². The molecule has 1 fully saturated rings. The van der Waals surface area contributed by atoms with Crippen LogP contribution in [-0.4, -0.2) is 50.1 Å². The summed E-state index contributed by atoms with van der Waals surface area (Å²) in [6.45, 7) is 2.75. The summed E-state index contributed by atoms with van der Waals surface area (Å²) in [5.74, 6) is 0.841. The van der Waals surface area contributed by atoms with Crippen LogP contribution >= 0.6 is 24.0 Å². The number of guanidine groups is 1. The van der Waals surface area contributed by atoms with Crippen molar-refractivity contribution in [3.05, 3.63) is 71.8 Å². The van der Waals surface area contributed by atoms with Crippen LogP contribution in [0.25, 0.3) is 0 Å². The Morgan fingerprint density at radius 2 is 1.77 bits per heavy atom. The van der Waals surface area contributed by atoms with Gasteiger partial charge in [-0.05, 0) is 24.5 Å². The predicted octanol–water partition coefficient (Wildman–Crippen LogP) is 2.48. The average Bonchev–Trinajstić information content (AvgIpc) is 3.06. The first-order chi connectivity index (χ1) is 13.9. The van der Waals surface area contributed by atoms with Crippen molar-refractivity contribution >= 4 is 39.8 Å². The van der Waals surface area contributed by atoms with Gasteiger partial charge in [0.15, 0.2) is 15.8 Å². The lowest BCUT2D eigenvalue weighted by Gasteiger charge is -2.28. The van der Waals surface area contributed by atoms with Gasteiger partial charge in [0.2, 0.25) is 0 Å². The largest absolute Gasteiger partial charge is 0.383 e. The first-order valence-corrected chi connectivity index (χ1v) is 11.8. The van der Waals surface area contributed by atoms with E-state index in [0.29, 0.717) is 25.3 Å². The number of rotatable bonds is 7. The molecular weight excluding hydrogens is 513 g/mol. The fraction of sp³-hybridized carbons (Fsp3) is 0.409. The number of hydrogen-bond donors (Lipinski definition) is 3. The summed E-state index contributed by atoms with van der Waals surface area (Å²) in [7, 11) is -2.98. The molecule has 6 nitrogen and oxygen atoms in total. The van der Waals surface area contributed by atoms with Gasteiger partial charge in [-0.2, -0.15) is 0 Å². The number of sulfone groups is 1. The fourth-order valence-electron chi connectivity index (χ4n) is 3.56. The zero-order valence-corrected chi connectivity index (χ0v) is 20.3. The van der Waals surface area contributed by atoms with Crippen molar-refractivity contribution in [2.24, 2.45) is 4.99 Å². The number of aliphatic hydroxyl groups is 1. The minimum atomic E-state index is -2.98. The number of nitrogens with one attached hydrogen (secondary N) is 2. The van der Waals surface area contributed by atoms with Gasteiger partial charge in [-0.3, -0.25) is 0 Å². The van der Waals surface area contributed by atoms with Crippen LogP contribution in [0.4, 0.5) is 0 Å². The Labute approximate surface area is 196 Å². The smallest absolute Gasteiger partial charge is 0.191 e. The second-order valence-electron chi connectivity index (χ2n) is 7.50. The lowest BCUT2D eigenvalue weighted by atomic mass is 9.87. The molecule has 30 heavy (non-hydrogen) atoms. The number of nitrogens with zero attached hydrogens (tertiary/aromatic N) is 1. The Hall–Kier alpha value is -1.65. The third-order valence-corrected chi connectivity index (χ3v) is 6.83. The molecule has 164 valence electrons. The molecule has 2 atom stereocenters. The maximum absolute atomic E-state index is 11.7. The Bertz CT molecular complexity index is 923. The van der Waals surface area contributed by atoms with Gasteiger partial charge in [0, 0.05) is 19.0 Å². The van der Waals surface area contributed by atoms with E-state index in [0.717, 1.165) is 11.1 Å². The van der Waals surface area contributed by atoms with Gasteiger partial charge in [0.1, 0.15) is 5.60 Å². The summed E-state index contributed by atoms with van der Waals surface area (Å²) in [5, 5.41) is 17.9. The first kappa shape index (κ1) is 24.6. The monoisotopic (exact) mass is 543 g/mol. The van der Waals surface area contributed by atoms with E-state index in [-0.39, 0.29) is 48.1 Å². The molecule has 8 heteroatoms. The first-order valence-electron chi connectivity index (χ1n) is 9.97. The van der Waals surface area contributed by atoms with Crippen LogP contribution in [0.2, 0.25) is 0 Å². The van der Waals surface area contributed by atoms with Gasteiger partial charge in [-0.15, -0.1) is 24.0 Å². The van der Waals surface area contributed by atoms with E-state index in [9.17, 15) is 13.5 Å². The van der Waals surface area contributed by atoms with Crippen molar-refractivity contribution in [2.75, 3.05) is 24.6 Å². The topological polar surface area (TPSA) is 90.8 Å². The molecule has 3 rings (SSSR count). The summed E-state index contributed by atoms with van der Waals surface area (Å²) < 4.78 is 23.5. The molecule has 0 aromatic heterocycles. The van der Waals surface area contributed by atoms with Crippen LogP contribution in [0, 0.1) is 0 Å². The zero-order valence-electron chi connectivity index (χ0n) is 17.1. The van der Waals surface area contributed by atoms with Crippen molar-refractivity contribution in [3.63, 3.8) is 0 Å². The zero-order chi connectivity index (χ0) is 20.7. The molecule has 0 bridgehead atoms. The van der Waals surface area contributed by atoms with E-state index < -0.39 is 15.4 Å². The highest BCUT2D eigenvalue weighted by Gasteiger charge is 2.31. The second kappa shape index (κ2) is 11.1. The van der Waals surface area contributed by atoms with Gasteiger partial charge in [-0.25, -0.2) is 13.4 Å². The van der Waals surface area contributed by atoms with Crippen molar-refractivity contribution in [2.45, 2.75) is 31.4 Å². The van der Waals surface area contributed by atoms with Gasteiger partial charge in [-0.1, -0.05) is 60.7 Å². The van der Waals surface area contributed by atoms with E-state index in [2.05, 4.69) is 15.6 Å². The molecule has 2 aromatic rings. The highest BCUT2D eigenvalue weighted by molar-refractivity contribution is 14.0. The molecule has 3 N–H and O–H groups in total. The maximum Gasteiger partial charge on any atom is 0.191 e. The Balaban J connectivity index is 0.00000320. The van der Waals surface area contributed by atoms with E-state index in [1.54, 1.807) is 0 Å². The third-order valence-electron chi connectivity index (χ3n) is 5.07. The van der Waals surface area contributed by atoms with Crippen LogP contribution in [0.3, 0.4) is 0 Å². The fourth-order valence-corrected chi connectivity index (χ4v) is 5.24. The van der Waals surface area contributed by atoms with Crippen molar-refractivity contribution in [1.29, 1.82) is 0 Å². The third kappa shape index (κ3) is 6.95.